The molecule has 252 valence electrons. The Morgan fingerprint density at radius 1 is 1.02 bits per heavy atom. The van der Waals surface area contributed by atoms with Gasteiger partial charge in [-0.1, -0.05) is 76.1 Å². The van der Waals surface area contributed by atoms with E-state index in [9.17, 15) is 14.7 Å². The highest BCUT2D eigenvalue weighted by atomic mass is 16.5. The number of piperidine rings is 1. The van der Waals surface area contributed by atoms with Crippen molar-refractivity contribution in [1.29, 1.82) is 0 Å². The van der Waals surface area contributed by atoms with Gasteiger partial charge in [-0.2, -0.15) is 0 Å². The normalized spacial score (nSPS) is 25.8. The molecular weight excluding hydrogens is 566 g/mol. The van der Waals surface area contributed by atoms with Crippen LogP contribution in [0, 0.1) is 11.8 Å². The molecule has 0 spiro atoms. The van der Waals surface area contributed by atoms with E-state index >= 15 is 0 Å². The van der Waals surface area contributed by atoms with E-state index in [-0.39, 0.29) is 18.3 Å². The monoisotopic (exact) mass is 625 g/mol. The van der Waals surface area contributed by atoms with Gasteiger partial charge >= 0.3 is 12.1 Å². The van der Waals surface area contributed by atoms with Gasteiger partial charge in [-0.3, -0.25) is 9.78 Å². The fourth-order valence-electron chi connectivity index (χ4n) is 5.74. The number of pyridine rings is 1. The number of amides is 1. The molecule has 2 N–H and O–H groups in total. The number of hydrogen-bond donors (Lipinski definition) is 2. The Hall–Kier alpha value is -2.97. The number of carboxylic acid groups (broad SMARTS) is 1. The highest BCUT2D eigenvalue weighted by Crippen LogP contribution is 2.21. The van der Waals surface area contributed by atoms with Gasteiger partial charge in [-0.25, -0.2) is 4.79 Å². The first kappa shape index (κ1) is 38.2. The van der Waals surface area contributed by atoms with Crippen LogP contribution >= 0.6 is 0 Å². The lowest BCUT2D eigenvalue weighted by atomic mass is 9.97. The van der Waals surface area contributed by atoms with Crippen molar-refractivity contribution in [3.8, 4) is 0 Å². The summed E-state index contributed by atoms with van der Waals surface area (Å²) in [5, 5.41) is 18.5. The molecule has 0 aliphatic carbocycles. The molecule has 45 heavy (non-hydrogen) atoms. The minimum atomic E-state index is -0.755. The number of likely N-dealkylation sites (tertiary alicyclic amines) is 2. The third-order valence-electron chi connectivity index (χ3n) is 8.65. The number of carbonyl (C=O) groups excluding carboxylic acids is 1. The van der Waals surface area contributed by atoms with Crippen LogP contribution in [0.25, 0.3) is 0 Å². The van der Waals surface area contributed by atoms with Gasteiger partial charge in [-0.15, -0.1) is 0 Å². The summed E-state index contributed by atoms with van der Waals surface area (Å²) in [6, 6.07) is 6.63. The van der Waals surface area contributed by atoms with Crippen molar-refractivity contribution >= 4 is 12.1 Å². The lowest BCUT2D eigenvalue weighted by Crippen LogP contribution is -2.46. The Bertz CT molecular complexity index is 1030. The third kappa shape index (κ3) is 16.8. The van der Waals surface area contributed by atoms with Crippen LogP contribution in [0.1, 0.15) is 104 Å². The van der Waals surface area contributed by atoms with E-state index in [0.717, 1.165) is 44.5 Å². The first-order chi connectivity index (χ1) is 21.7. The number of aromatic nitrogens is 1. The minimum Gasteiger partial charge on any atom is -0.465 e. The van der Waals surface area contributed by atoms with Crippen LogP contribution in [0.15, 0.2) is 60.9 Å². The quantitative estimate of drug-likeness (QED) is 0.202. The van der Waals surface area contributed by atoms with Gasteiger partial charge in [0.15, 0.2) is 0 Å². The van der Waals surface area contributed by atoms with Crippen molar-refractivity contribution in [2.75, 3.05) is 32.8 Å². The number of aliphatic hydroxyl groups is 1. The molecule has 0 saturated carbocycles. The molecule has 8 heteroatoms. The highest BCUT2D eigenvalue weighted by Gasteiger charge is 2.26. The Kier molecular flexibility index (Phi) is 19.1. The summed E-state index contributed by atoms with van der Waals surface area (Å²) in [5.74, 6) is 0.916. The Balaban J connectivity index is 0.000000237. The topological polar surface area (TPSA) is 103 Å². The first-order valence-electron chi connectivity index (χ1n) is 17.1. The van der Waals surface area contributed by atoms with Gasteiger partial charge in [0.05, 0.1) is 19.1 Å². The SMILES string of the molecule is C/C=C\C=C\C(C)c1ccccn1.CC1/C=C/CC(C)CCC(O)CC(=O)OC1.O=C(O)N1CCC(N2CCCCCC2)CC1. The van der Waals surface area contributed by atoms with Crippen LogP contribution in [0.5, 0.6) is 0 Å². The lowest BCUT2D eigenvalue weighted by Gasteiger charge is -2.37. The van der Waals surface area contributed by atoms with Gasteiger partial charge in [0.2, 0.25) is 0 Å². The largest absolute Gasteiger partial charge is 0.465 e. The summed E-state index contributed by atoms with van der Waals surface area (Å²) in [7, 11) is 0. The standard InChI is InChI=1S/C13H22O3.C12H22N2O2.C12H15N/c1-10-4-3-5-11(2)9-16-13(15)8-12(14)7-6-10;15-12(16)14-9-5-11(6-10-14)13-7-3-1-2-4-8-13;1-3-4-5-8-11(2)12-9-6-7-10-13-12/h3,5,10-12,14H,4,6-9H2,1-2H3;11H,1-10H2,(H,15,16);3-11H,1-2H3/b5-3+;;4-3-,8-5+. The van der Waals surface area contributed by atoms with Gasteiger partial charge in [-0.05, 0) is 83.0 Å². The van der Waals surface area contributed by atoms with Crippen molar-refractivity contribution in [1.82, 2.24) is 14.8 Å². The number of rotatable bonds is 4. The second-order valence-electron chi connectivity index (χ2n) is 12.8. The molecule has 4 heterocycles. The summed E-state index contributed by atoms with van der Waals surface area (Å²) >= 11 is 0. The van der Waals surface area contributed by atoms with Crippen LogP contribution in [-0.2, 0) is 9.53 Å². The van der Waals surface area contributed by atoms with Crippen LogP contribution in [-0.4, -0.2) is 82.0 Å². The number of hydrogen-bond acceptors (Lipinski definition) is 6. The van der Waals surface area contributed by atoms with Crippen LogP contribution < -0.4 is 0 Å². The van der Waals surface area contributed by atoms with Crippen LogP contribution in [0.4, 0.5) is 4.79 Å². The molecule has 3 aliphatic rings. The van der Waals surface area contributed by atoms with Crippen LogP contribution in [0.2, 0.25) is 0 Å². The van der Waals surface area contributed by atoms with Gasteiger partial charge in [0.25, 0.3) is 0 Å². The molecule has 1 aromatic heterocycles. The summed E-state index contributed by atoms with van der Waals surface area (Å²) < 4.78 is 5.07. The molecule has 0 radical (unpaired) electrons. The predicted molar refractivity (Wildman–Crippen MR) is 182 cm³/mol. The fraction of sp³-hybridized carbons (Fsp3) is 0.649. The number of ether oxygens (including phenoxy) is 1. The van der Waals surface area contributed by atoms with E-state index < -0.39 is 12.2 Å². The summed E-state index contributed by atoms with van der Waals surface area (Å²) in [6.07, 6.45) is 23.2. The Morgan fingerprint density at radius 3 is 2.36 bits per heavy atom. The molecule has 4 unspecified atom stereocenters. The van der Waals surface area contributed by atoms with Crippen LogP contribution in [0.3, 0.4) is 0 Å². The van der Waals surface area contributed by atoms with Gasteiger partial charge in [0, 0.05) is 42.9 Å². The molecule has 4 rings (SSSR count). The Morgan fingerprint density at radius 2 is 1.73 bits per heavy atom. The molecule has 1 amide bonds. The maximum Gasteiger partial charge on any atom is 0.407 e. The number of esters is 1. The average Bonchev–Trinajstić information content (AvgIpc) is 3.33. The van der Waals surface area contributed by atoms with Crippen molar-refractivity contribution in [2.45, 2.75) is 110 Å². The number of carbonyl (C=O) groups is 2. The first-order valence-corrected chi connectivity index (χ1v) is 17.1. The molecule has 2 saturated heterocycles. The molecule has 1 aromatic rings. The molecule has 0 bridgehead atoms. The Labute approximate surface area is 272 Å². The zero-order chi connectivity index (χ0) is 32.9. The smallest absolute Gasteiger partial charge is 0.407 e. The predicted octanol–water partition coefficient (Wildman–Crippen LogP) is 7.62. The molecular formula is C37H59N3O5. The van der Waals surface area contributed by atoms with E-state index in [1.807, 2.05) is 50.4 Å². The molecule has 4 atom stereocenters. The number of nitrogens with zero attached hydrogens (tertiary/aromatic N) is 3. The zero-order valence-electron chi connectivity index (χ0n) is 28.2. The van der Waals surface area contributed by atoms with Gasteiger partial charge < -0.3 is 24.7 Å². The lowest BCUT2D eigenvalue weighted by molar-refractivity contribution is -0.146. The van der Waals surface area contributed by atoms with E-state index in [0.29, 0.717) is 30.9 Å². The van der Waals surface area contributed by atoms with E-state index in [1.54, 1.807) is 4.90 Å². The third-order valence-corrected chi connectivity index (χ3v) is 8.65. The van der Waals surface area contributed by atoms with Crippen molar-refractivity contribution in [3.63, 3.8) is 0 Å². The van der Waals surface area contributed by atoms with Crippen molar-refractivity contribution in [2.24, 2.45) is 11.8 Å². The molecule has 3 aliphatic heterocycles. The molecule has 0 aromatic carbocycles. The van der Waals surface area contributed by atoms with E-state index in [4.69, 9.17) is 9.84 Å². The second kappa shape index (κ2) is 22.5. The number of aliphatic hydroxyl groups excluding tert-OH is 1. The summed E-state index contributed by atoms with van der Waals surface area (Å²) in [6.45, 7) is 12.6. The molecule has 8 nitrogen and oxygen atoms in total. The molecule has 2 fully saturated rings. The summed E-state index contributed by atoms with van der Waals surface area (Å²) in [4.78, 5) is 30.6. The average molecular weight is 626 g/mol. The highest BCUT2D eigenvalue weighted by molar-refractivity contribution is 5.69. The van der Waals surface area contributed by atoms with Gasteiger partial charge in [0.1, 0.15) is 0 Å². The number of cyclic esters (lactones) is 1. The zero-order valence-corrected chi connectivity index (χ0v) is 28.2. The van der Waals surface area contributed by atoms with E-state index in [2.05, 4.69) is 48.0 Å². The maximum atomic E-state index is 11.3. The minimum absolute atomic E-state index is 0.128. The maximum absolute atomic E-state index is 11.3. The summed E-state index contributed by atoms with van der Waals surface area (Å²) in [5.41, 5.74) is 1.11. The number of allylic oxidation sites excluding steroid dienone is 5. The second-order valence-corrected chi connectivity index (χ2v) is 12.8. The van der Waals surface area contributed by atoms with E-state index in [1.165, 1.54) is 38.8 Å². The van der Waals surface area contributed by atoms with Crippen molar-refractivity contribution in [3.05, 3.63) is 66.5 Å². The fourth-order valence-corrected chi connectivity index (χ4v) is 5.74. The van der Waals surface area contributed by atoms with Crippen molar-refractivity contribution < 1.29 is 24.5 Å².